The molecule has 1 aromatic carbocycles. The molecule has 0 fully saturated rings. The van der Waals surface area contributed by atoms with Gasteiger partial charge in [-0.2, -0.15) is 0 Å². The number of carbonyl (C=O) groups is 1. The molecule has 0 spiro atoms. The van der Waals surface area contributed by atoms with E-state index in [2.05, 4.69) is 11.4 Å². The van der Waals surface area contributed by atoms with E-state index in [1.807, 2.05) is 32.0 Å². The molecule has 0 unspecified atom stereocenters. The van der Waals surface area contributed by atoms with Gasteiger partial charge in [-0.1, -0.05) is 6.07 Å². The molecule has 1 amide bonds. The van der Waals surface area contributed by atoms with Crippen LogP contribution in [0.15, 0.2) is 12.1 Å². The number of nitrogens with one attached hydrogen (secondary N) is 1. The largest absolute Gasteiger partial charge is 0.377 e. The van der Waals surface area contributed by atoms with E-state index >= 15 is 0 Å². The van der Waals surface area contributed by atoms with Gasteiger partial charge in [0.2, 0.25) is 0 Å². The van der Waals surface area contributed by atoms with Gasteiger partial charge < -0.3 is 10.2 Å². The summed E-state index contributed by atoms with van der Waals surface area (Å²) in [6, 6.07) is 4.06. The van der Waals surface area contributed by atoms with E-state index < -0.39 is 0 Å². The molecule has 0 aromatic heterocycles. The Morgan fingerprint density at radius 1 is 1.36 bits per heavy atom. The molecule has 14 heavy (non-hydrogen) atoms. The third-order valence-corrected chi connectivity index (χ3v) is 2.66. The highest BCUT2D eigenvalue weighted by molar-refractivity contribution is 6.04. The maximum atomic E-state index is 11.6. The fourth-order valence-electron chi connectivity index (χ4n) is 1.85. The second-order valence-electron chi connectivity index (χ2n) is 3.83. The van der Waals surface area contributed by atoms with Gasteiger partial charge in [0.25, 0.3) is 5.91 Å². The van der Waals surface area contributed by atoms with Crippen LogP contribution in [-0.4, -0.2) is 20.0 Å². The molecule has 0 saturated carbocycles. The fourth-order valence-corrected chi connectivity index (χ4v) is 1.85. The van der Waals surface area contributed by atoms with Gasteiger partial charge in [0.1, 0.15) is 0 Å². The lowest BCUT2D eigenvalue weighted by molar-refractivity contribution is 0.0966. The summed E-state index contributed by atoms with van der Waals surface area (Å²) in [5, 5.41) is 2.86. The molecule has 74 valence electrons. The average Bonchev–Trinajstić information content (AvgIpc) is 2.50. The summed E-state index contributed by atoms with van der Waals surface area (Å²) < 4.78 is 0. The molecule has 2 rings (SSSR count). The number of fused-ring (bicyclic) bond motifs is 1. The van der Waals surface area contributed by atoms with E-state index in [4.69, 9.17) is 0 Å². The lowest BCUT2D eigenvalue weighted by Crippen LogP contribution is -2.17. The van der Waals surface area contributed by atoms with E-state index in [-0.39, 0.29) is 5.91 Å². The predicted octanol–water partition coefficient (Wildman–Crippen LogP) is 1.30. The van der Waals surface area contributed by atoms with Crippen molar-refractivity contribution in [2.24, 2.45) is 0 Å². The van der Waals surface area contributed by atoms with Gasteiger partial charge in [-0.25, -0.2) is 0 Å². The Morgan fingerprint density at radius 3 is 2.71 bits per heavy atom. The van der Waals surface area contributed by atoms with Gasteiger partial charge in [0, 0.05) is 26.3 Å². The molecule has 1 heterocycles. The maximum Gasteiger partial charge on any atom is 0.254 e. The van der Waals surface area contributed by atoms with Crippen molar-refractivity contribution in [3.63, 3.8) is 0 Å². The summed E-state index contributed by atoms with van der Waals surface area (Å²) in [5.74, 6) is 0.0485. The second-order valence-corrected chi connectivity index (χ2v) is 3.83. The number of hydrogen-bond donors (Lipinski definition) is 1. The number of benzene rings is 1. The summed E-state index contributed by atoms with van der Waals surface area (Å²) >= 11 is 0. The Morgan fingerprint density at radius 2 is 2.07 bits per heavy atom. The number of amides is 1. The first kappa shape index (κ1) is 9.06. The van der Waals surface area contributed by atoms with Crippen LogP contribution < -0.4 is 10.2 Å². The van der Waals surface area contributed by atoms with Crippen molar-refractivity contribution in [2.75, 3.05) is 19.0 Å². The standard InChI is InChI=1S/C11H14N2O/c1-7-4-5-9(13(2)3)10-8(7)6-12-11(10)14/h4-5H,6H2,1-3H3,(H,12,14). The molecule has 1 aromatic rings. The topological polar surface area (TPSA) is 32.3 Å². The van der Waals surface area contributed by atoms with Gasteiger partial charge in [-0.3, -0.25) is 4.79 Å². The zero-order chi connectivity index (χ0) is 10.3. The summed E-state index contributed by atoms with van der Waals surface area (Å²) in [7, 11) is 3.91. The van der Waals surface area contributed by atoms with Crippen LogP contribution in [0.1, 0.15) is 21.5 Å². The SMILES string of the molecule is Cc1ccc(N(C)C)c2c1CNC2=O. The van der Waals surface area contributed by atoms with E-state index in [0.717, 1.165) is 16.8 Å². The van der Waals surface area contributed by atoms with Crippen LogP contribution in [0.25, 0.3) is 0 Å². The van der Waals surface area contributed by atoms with Crippen molar-refractivity contribution in [1.29, 1.82) is 0 Å². The molecular weight excluding hydrogens is 176 g/mol. The molecule has 3 nitrogen and oxygen atoms in total. The van der Waals surface area contributed by atoms with Gasteiger partial charge in [0.05, 0.1) is 5.56 Å². The van der Waals surface area contributed by atoms with Gasteiger partial charge in [-0.05, 0) is 24.1 Å². The Balaban J connectivity index is 2.66. The minimum absolute atomic E-state index is 0.0485. The highest BCUT2D eigenvalue weighted by atomic mass is 16.1. The molecule has 0 atom stereocenters. The number of carbonyl (C=O) groups excluding carboxylic acids is 1. The van der Waals surface area contributed by atoms with E-state index in [0.29, 0.717) is 6.54 Å². The number of aryl methyl sites for hydroxylation is 1. The Hall–Kier alpha value is -1.51. The van der Waals surface area contributed by atoms with Crippen molar-refractivity contribution in [3.05, 3.63) is 28.8 Å². The summed E-state index contributed by atoms with van der Waals surface area (Å²) in [4.78, 5) is 13.6. The van der Waals surface area contributed by atoms with Crippen LogP contribution in [0, 0.1) is 6.92 Å². The minimum atomic E-state index is 0.0485. The van der Waals surface area contributed by atoms with Crippen molar-refractivity contribution in [2.45, 2.75) is 13.5 Å². The van der Waals surface area contributed by atoms with Crippen molar-refractivity contribution in [3.8, 4) is 0 Å². The molecule has 1 aliphatic rings. The Bertz CT molecular complexity index is 397. The van der Waals surface area contributed by atoms with Crippen LogP contribution in [-0.2, 0) is 6.54 Å². The highest BCUT2D eigenvalue weighted by Gasteiger charge is 2.24. The summed E-state index contributed by atoms with van der Waals surface area (Å²) in [6.07, 6.45) is 0. The third-order valence-electron chi connectivity index (χ3n) is 2.66. The Labute approximate surface area is 83.7 Å². The first-order chi connectivity index (χ1) is 6.61. The van der Waals surface area contributed by atoms with Crippen LogP contribution in [0.3, 0.4) is 0 Å². The second kappa shape index (κ2) is 3.01. The van der Waals surface area contributed by atoms with Gasteiger partial charge >= 0.3 is 0 Å². The van der Waals surface area contributed by atoms with Crippen LogP contribution >= 0.6 is 0 Å². The monoisotopic (exact) mass is 190 g/mol. The number of hydrogen-bond acceptors (Lipinski definition) is 2. The molecule has 0 saturated heterocycles. The normalized spacial score (nSPS) is 13.8. The molecular formula is C11H14N2O. The number of anilines is 1. The number of nitrogens with zero attached hydrogens (tertiary/aromatic N) is 1. The van der Waals surface area contributed by atoms with Crippen LogP contribution in [0.2, 0.25) is 0 Å². The lowest BCUT2D eigenvalue weighted by Gasteiger charge is -2.16. The molecule has 0 radical (unpaired) electrons. The van der Waals surface area contributed by atoms with Crippen molar-refractivity contribution >= 4 is 11.6 Å². The van der Waals surface area contributed by atoms with Crippen LogP contribution in [0.5, 0.6) is 0 Å². The summed E-state index contributed by atoms with van der Waals surface area (Å²) in [6.45, 7) is 2.71. The van der Waals surface area contributed by atoms with Gasteiger partial charge in [-0.15, -0.1) is 0 Å². The van der Waals surface area contributed by atoms with Crippen LogP contribution in [0.4, 0.5) is 5.69 Å². The molecule has 1 aliphatic heterocycles. The van der Waals surface area contributed by atoms with E-state index in [9.17, 15) is 4.79 Å². The smallest absolute Gasteiger partial charge is 0.254 e. The van der Waals surface area contributed by atoms with Crippen molar-refractivity contribution < 1.29 is 4.79 Å². The van der Waals surface area contributed by atoms with Crippen molar-refractivity contribution in [1.82, 2.24) is 5.32 Å². The number of rotatable bonds is 1. The first-order valence-electron chi connectivity index (χ1n) is 4.69. The predicted molar refractivity (Wildman–Crippen MR) is 56.7 cm³/mol. The molecule has 1 N–H and O–H groups in total. The average molecular weight is 190 g/mol. The lowest BCUT2D eigenvalue weighted by atomic mass is 10.0. The van der Waals surface area contributed by atoms with Gasteiger partial charge in [0.15, 0.2) is 0 Å². The highest BCUT2D eigenvalue weighted by Crippen LogP contribution is 2.28. The maximum absolute atomic E-state index is 11.6. The molecule has 0 aliphatic carbocycles. The first-order valence-corrected chi connectivity index (χ1v) is 4.69. The third kappa shape index (κ3) is 1.16. The quantitative estimate of drug-likeness (QED) is 0.724. The zero-order valence-electron chi connectivity index (χ0n) is 8.72. The fraction of sp³-hybridized carbons (Fsp3) is 0.364. The van der Waals surface area contributed by atoms with E-state index in [1.54, 1.807) is 0 Å². The molecule has 3 heteroatoms. The summed E-state index contributed by atoms with van der Waals surface area (Å²) in [5.41, 5.74) is 4.17. The minimum Gasteiger partial charge on any atom is -0.377 e. The zero-order valence-corrected chi connectivity index (χ0v) is 8.72. The molecule has 0 bridgehead atoms. The van der Waals surface area contributed by atoms with E-state index in [1.165, 1.54) is 5.56 Å². The Kier molecular flexibility index (Phi) is 1.95.